The van der Waals surface area contributed by atoms with Crippen LogP contribution in [0.5, 0.6) is 5.75 Å². The summed E-state index contributed by atoms with van der Waals surface area (Å²) in [5.41, 5.74) is 0. The number of amides is 1. The van der Waals surface area contributed by atoms with Gasteiger partial charge in [-0.15, -0.1) is 0 Å². The van der Waals surface area contributed by atoms with Gasteiger partial charge in [0.15, 0.2) is 0 Å². The molecule has 0 radical (unpaired) electrons. The summed E-state index contributed by atoms with van der Waals surface area (Å²) in [5, 5.41) is 0. The Morgan fingerprint density at radius 1 is 1.21 bits per heavy atom. The minimum Gasteiger partial charge on any atom is -0.493 e. The first-order valence-corrected chi connectivity index (χ1v) is 8.67. The molecule has 2 saturated heterocycles. The SMILES string of the molecule is O=C(CN1CCOCC1)N1CCC[C@@H](COc2ccc(F)cc2)C1. The van der Waals surface area contributed by atoms with E-state index in [0.29, 0.717) is 38.0 Å². The summed E-state index contributed by atoms with van der Waals surface area (Å²) in [5.74, 6) is 0.939. The fourth-order valence-corrected chi connectivity index (χ4v) is 3.22. The number of hydrogen-bond acceptors (Lipinski definition) is 4. The molecule has 1 aromatic rings. The number of benzene rings is 1. The molecule has 2 aliphatic rings. The van der Waals surface area contributed by atoms with Gasteiger partial charge < -0.3 is 14.4 Å². The molecule has 1 aromatic carbocycles. The molecule has 0 spiro atoms. The molecule has 5 nitrogen and oxygen atoms in total. The summed E-state index contributed by atoms with van der Waals surface area (Å²) in [6.07, 6.45) is 2.06. The lowest BCUT2D eigenvalue weighted by atomic mass is 9.99. The number of likely N-dealkylation sites (tertiary alicyclic amines) is 1. The first-order valence-electron chi connectivity index (χ1n) is 8.67. The van der Waals surface area contributed by atoms with Crippen LogP contribution >= 0.6 is 0 Å². The molecule has 0 aliphatic carbocycles. The Labute approximate surface area is 142 Å². The zero-order chi connectivity index (χ0) is 16.8. The van der Waals surface area contributed by atoms with Gasteiger partial charge >= 0.3 is 0 Å². The molecular weight excluding hydrogens is 311 g/mol. The molecule has 1 amide bonds. The van der Waals surface area contributed by atoms with Crippen LogP contribution in [0.3, 0.4) is 0 Å². The number of morpholine rings is 1. The average Bonchev–Trinajstić information content (AvgIpc) is 2.62. The molecule has 3 rings (SSSR count). The second-order valence-electron chi connectivity index (χ2n) is 6.50. The van der Waals surface area contributed by atoms with E-state index < -0.39 is 0 Å². The van der Waals surface area contributed by atoms with E-state index >= 15 is 0 Å². The summed E-state index contributed by atoms with van der Waals surface area (Å²) < 4.78 is 24.0. The van der Waals surface area contributed by atoms with E-state index in [-0.39, 0.29) is 11.7 Å². The number of rotatable bonds is 5. The van der Waals surface area contributed by atoms with E-state index in [2.05, 4.69) is 4.90 Å². The Morgan fingerprint density at radius 3 is 2.71 bits per heavy atom. The van der Waals surface area contributed by atoms with E-state index in [1.165, 1.54) is 12.1 Å². The van der Waals surface area contributed by atoms with Crippen molar-refractivity contribution in [3.8, 4) is 5.75 Å². The van der Waals surface area contributed by atoms with Gasteiger partial charge in [0.05, 0.1) is 26.4 Å². The predicted molar refractivity (Wildman–Crippen MR) is 88.5 cm³/mol. The van der Waals surface area contributed by atoms with Crippen molar-refractivity contribution in [2.75, 3.05) is 52.5 Å². The Hall–Kier alpha value is -1.66. The quantitative estimate of drug-likeness (QED) is 0.822. The second kappa shape index (κ2) is 8.44. The molecule has 132 valence electrons. The topological polar surface area (TPSA) is 42.0 Å². The molecule has 1 atom stereocenters. The molecule has 24 heavy (non-hydrogen) atoms. The van der Waals surface area contributed by atoms with Crippen molar-refractivity contribution in [2.45, 2.75) is 12.8 Å². The van der Waals surface area contributed by atoms with Gasteiger partial charge in [-0.2, -0.15) is 0 Å². The summed E-state index contributed by atoms with van der Waals surface area (Å²) in [6.45, 7) is 5.69. The molecule has 0 bridgehead atoms. The van der Waals surface area contributed by atoms with Gasteiger partial charge in [0.25, 0.3) is 0 Å². The van der Waals surface area contributed by atoms with Crippen molar-refractivity contribution in [1.29, 1.82) is 0 Å². The first kappa shape index (κ1) is 17.2. The number of piperidine rings is 1. The molecule has 2 heterocycles. The first-order chi connectivity index (χ1) is 11.7. The van der Waals surface area contributed by atoms with Crippen molar-refractivity contribution in [2.24, 2.45) is 5.92 Å². The summed E-state index contributed by atoms with van der Waals surface area (Å²) in [6, 6.07) is 6.07. The molecule has 0 aromatic heterocycles. The smallest absolute Gasteiger partial charge is 0.236 e. The van der Waals surface area contributed by atoms with E-state index in [9.17, 15) is 9.18 Å². The van der Waals surface area contributed by atoms with Crippen LogP contribution in [-0.2, 0) is 9.53 Å². The molecule has 0 N–H and O–H groups in total. The van der Waals surface area contributed by atoms with Gasteiger partial charge in [0.1, 0.15) is 11.6 Å². The number of carbonyl (C=O) groups excluding carboxylic acids is 1. The lowest BCUT2D eigenvalue weighted by Gasteiger charge is -2.35. The fraction of sp³-hybridized carbons (Fsp3) is 0.611. The third kappa shape index (κ3) is 4.92. The standard InChI is InChI=1S/C18H25FN2O3/c19-16-3-5-17(6-4-16)24-14-15-2-1-7-21(12-15)18(22)13-20-8-10-23-11-9-20/h3-6,15H,1-2,7-14H2/t15-/m1/s1. The Bertz CT molecular complexity index is 532. The van der Waals surface area contributed by atoms with Crippen molar-refractivity contribution >= 4 is 5.91 Å². The summed E-state index contributed by atoms with van der Waals surface area (Å²) in [7, 11) is 0. The van der Waals surface area contributed by atoms with Gasteiger partial charge in [-0.05, 0) is 37.1 Å². The summed E-state index contributed by atoms with van der Waals surface area (Å²) >= 11 is 0. The van der Waals surface area contributed by atoms with Gasteiger partial charge in [0.2, 0.25) is 5.91 Å². The largest absolute Gasteiger partial charge is 0.493 e. The number of halogens is 1. The van der Waals surface area contributed by atoms with E-state index in [0.717, 1.165) is 39.0 Å². The second-order valence-corrected chi connectivity index (χ2v) is 6.50. The van der Waals surface area contributed by atoms with Crippen LogP contribution < -0.4 is 4.74 Å². The van der Waals surface area contributed by atoms with Crippen molar-refractivity contribution < 1.29 is 18.7 Å². The van der Waals surface area contributed by atoms with E-state index in [1.807, 2.05) is 4.90 Å². The highest BCUT2D eigenvalue weighted by Gasteiger charge is 2.25. The number of carbonyl (C=O) groups is 1. The Kier molecular flexibility index (Phi) is 6.04. The third-order valence-corrected chi connectivity index (χ3v) is 4.63. The van der Waals surface area contributed by atoms with Crippen molar-refractivity contribution in [3.63, 3.8) is 0 Å². The maximum atomic E-state index is 12.9. The predicted octanol–water partition coefficient (Wildman–Crippen LogP) is 1.78. The van der Waals surface area contributed by atoms with Crippen LogP contribution in [0.25, 0.3) is 0 Å². The van der Waals surface area contributed by atoms with Crippen molar-refractivity contribution in [3.05, 3.63) is 30.1 Å². The fourth-order valence-electron chi connectivity index (χ4n) is 3.22. The van der Waals surface area contributed by atoms with Crippen LogP contribution in [0, 0.1) is 11.7 Å². The molecule has 2 aliphatic heterocycles. The highest BCUT2D eigenvalue weighted by Crippen LogP contribution is 2.19. The van der Waals surface area contributed by atoms with Crippen molar-refractivity contribution in [1.82, 2.24) is 9.80 Å². The number of hydrogen-bond donors (Lipinski definition) is 0. The number of ether oxygens (including phenoxy) is 2. The van der Waals surface area contributed by atoms with Crippen LogP contribution in [-0.4, -0.2) is 68.3 Å². The van der Waals surface area contributed by atoms with Gasteiger partial charge in [-0.3, -0.25) is 9.69 Å². The Morgan fingerprint density at radius 2 is 1.96 bits per heavy atom. The summed E-state index contributed by atoms with van der Waals surface area (Å²) in [4.78, 5) is 16.6. The van der Waals surface area contributed by atoms with Gasteiger partial charge in [-0.25, -0.2) is 4.39 Å². The van der Waals surface area contributed by atoms with Crippen LogP contribution in [0.15, 0.2) is 24.3 Å². The van der Waals surface area contributed by atoms with Crippen LogP contribution in [0.4, 0.5) is 4.39 Å². The average molecular weight is 336 g/mol. The molecule has 6 heteroatoms. The lowest BCUT2D eigenvalue weighted by Crippen LogP contribution is -2.48. The zero-order valence-corrected chi connectivity index (χ0v) is 14.0. The Balaban J connectivity index is 1.44. The molecule has 2 fully saturated rings. The van der Waals surface area contributed by atoms with Crippen LogP contribution in [0.1, 0.15) is 12.8 Å². The molecule has 0 saturated carbocycles. The zero-order valence-electron chi connectivity index (χ0n) is 14.0. The van der Waals surface area contributed by atoms with E-state index in [1.54, 1.807) is 12.1 Å². The van der Waals surface area contributed by atoms with Crippen LogP contribution in [0.2, 0.25) is 0 Å². The minimum atomic E-state index is -0.264. The maximum Gasteiger partial charge on any atom is 0.236 e. The van der Waals surface area contributed by atoms with E-state index in [4.69, 9.17) is 9.47 Å². The maximum absolute atomic E-state index is 12.9. The molecule has 0 unspecified atom stereocenters. The lowest BCUT2D eigenvalue weighted by molar-refractivity contribution is -0.135. The highest BCUT2D eigenvalue weighted by molar-refractivity contribution is 5.78. The minimum absolute atomic E-state index is 0.198. The third-order valence-electron chi connectivity index (χ3n) is 4.63. The van der Waals surface area contributed by atoms with Gasteiger partial charge in [0, 0.05) is 32.1 Å². The van der Waals surface area contributed by atoms with Gasteiger partial charge in [-0.1, -0.05) is 0 Å². The monoisotopic (exact) mass is 336 g/mol. The number of nitrogens with zero attached hydrogens (tertiary/aromatic N) is 2. The highest BCUT2D eigenvalue weighted by atomic mass is 19.1. The molecular formula is C18H25FN2O3. The normalized spacial score (nSPS) is 22.4.